The van der Waals surface area contributed by atoms with E-state index in [0.717, 1.165) is 44.2 Å². The average molecular weight is 385 g/mol. The number of hydrogen-bond donors (Lipinski definition) is 2. The molecule has 0 spiro atoms. The number of nitrogens with one attached hydrogen (secondary N) is 2. The lowest BCUT2D eigenvalue weighted by atomic mass is 9.94. The fourth-order valence-electron chi connectivity index (χ4n) is 3.99. The molecule has 1 heterocycles. The maximum Gasteiger partial charge on any atom is 0.161 e. The lowest BCUT2D eigenvalue weighted by Crippen LogP contribution is -2.50. The molecular weight excluding hydrogens is 352 g/mol. The first kappa shape index (κ1) is 21.3. The van der Waals surface area contributed by atoms with Crippen molar-refractivity contribution in [2.45, 2.75) is 51.2 Å². The zero-order chi connectivity index (χ0) is 17.5. The summed E-state index contributed by atoms with van der Waals surface area (Å²) in [5, 5.41) is 7.40. The first-order valence-corrected chi connectivity index (χ1v) is 9.66. The van der Waals surface area contributed by atoms with Gasteiger partial charge in [0.25, 0.3) is 0 Å². The van der Waals surface area contributed by atoms with Gasteiger partial charge in [0.2, 0.25) is 0 Å². The average Bonchev–Trinajstić information content (AvgIpc) is 3.14. The van der Waals surface area contributed by atoms with Crippen LogP contribution in [0, 0.1) is 5.92 Å². The first-order valence-electron chi connectivity index (χ1n) is 9.66. The van der Waals surface area contributed by atoms with Gasteiger partial charge in [-0.15, -0.1) is 12.4 Å². The first-order chi connectivity index (χ1) is 12.3. The second-order valence-corrected chi connectivity index (χ2v) is 7.05. The topological polar surface area (TPSA) is 51.8 Å². The number of benzene rings is 1. The zero-order valence-corrected chi connectivity index (χ0v) is 16.8. The molecule has 6 heteroatoms. The van der Waals surface area contributed by atoms with Gasteiger partial charge in [-0.2, -0.15) is 0 Å². The number of rotatable bonds is 8. The van der Waals surface area contributed by atoms with Crippen LogP contribution >= 0.6 is 12.4 Å². The predicted octanol–water partition coefficient (Wildman–Crippen LogP) is 3.15. The van der Waals surface area contributed by atoms with E-state index in [4.69, 9.17) is 14.2 Å². The van der Waals surface area contributed by atoms with Crippen LogP contribution in [-0.4, -0.2) is 45.6 Å². The Kier molecular flexibility index (Phi) is 8.99. The van der Waals surface area contributed by atoms with Crippen LogP contribution in [0.3, 0.4) is 0 Å². The van der Waals surface area contributed by atoms with Gasteiger partial charge >= 0.3 is 0 Å². The van der Waals surface area contributed by atoms with Crippen LogP contribution in [0.25, 0.3) is 0 Å². The number of hydrogen-bond acceptors (Lipinski definition) is 5. The second-order valence-electron chi connectivity index (χ2n) is 7.05. The van der Waals surface area contributed by atoms with Gasteiger partial charge in [-0.1, -0.05) is 19.4 Å². The Balaban J connectivity index is 0.00000243. The number of morpholine rings is 1. The Labute approximate surface area is 163 Å². The molecule has 2 aliphatic rings. The Morgan fingerprint density at radius 2 is 2.15 bits per heavy atom. The molecule has 26 heavy (non-hydrogen) atoms. The molecule has 148 valence electrons. The molecule has 1 aromatic carbocycles. The van der Waals surface area contributed by atoms with Gasteiger partial charge in [0.05, 0.1) is 26.9 Å². The van der Waals surface area contributed by atoms with Gasteiger partial charge in [0.1, 0.15) is 0 Å². The van der Waals surface area contributed by atoms with Crippen molar-refractivity contribution in [3.63, 3.8) is 0 Å². The van der Waals surface area contributed by atoms with Crippen LogP contribution in [-0.2, 0) is 11.3 Å². The summed E-state index contributed by atoms with van der Waals surface area (Å²) >= 11 is 0. The summed E-state index contributed by atoms with van der Waals surface area (Å²) in [4.78, 5) is 0. The minimum atomic E-state index is 0. The van der Waals surface area contributed by atoms with E-state index in [9.17, 15) is 0 Å². The Morgan fingerprint density at radius 1 is 1.27 bits per heavy atom. The molecule has 1 aromatic rings. The summed E-state index contributed by atoms with van der Waals surface area (Å²) in [5.74, 6) is 2.31. The van der Waals surface area contributed by atoms with Gasteiger partial charge < -0.3 is 24.8 Å². The largest absolute Gasteiger partial charge is 0.493 e. The van der Waals surface area contributed by atoms with Crippen LogP contribution in [0.1, 0.15) is 38.2 Å². The van der Waals surface area contributed by atoms with E-state index in [2.05, 4.69) is 29.7 Å². The van der Waals surface area contributed by atoms with E-state index in [1.807, 2.05) is 6.07 Å². The molecule has 5 nitrogen and oxygen atoms in total. The van der Waals surface area contributed by atoms with Crippen LogP contribution in [0.2, 0.25) is 0 Å². The van der Waals surface area contributed by atoms with Crippen LogP contribution in [0.4, 0.5) is 0 Å². The highest BCUT2D eigenvalue weighted by molar-refractivity contribution is 5.85. The maximum absolute atomic E-state index is 5.74. The quantitative estimate of drug-likeness (QED) is 0.721. The van der Waals surface area contributed by atoms with Crippen molar-refractivity contribution in [3.05, 3.63) is 23.8 Å². The molecule has 0 aromatic heterocycles. The fourth-order valence-corrected chi connectivity index (χ4v) is 3.99. The molecule has 2 N–H and O–H groups in total. The summed E-state index contributed by atoms with van der Waals surface area (Å²) in [5.41, 5.74) is 1.24. The molecular formula is C20H33ClN2O3. The van der Waals surface area contributed by atoms with Crippen molar-refractivity contribution in [2.75, 3.05) is 33.5 Å². The van der Waals surface area contributed by atoms with Crippen molar-refractivity contribution in [1.82, 2.24) is 10.6 Å². The third kappa shape index (κ3) is 5.49. The minimum Gasteiger partial charge on any atom is -0.493 e. The van der Waals surface area contributed by atoms with Crippen molar-refractivity contribution in [2.24, 2.45) is 5.92 Å². The van der Waals surface area contributed by atoms with E-state index < -0.39 is 0 Å². The van der Waals surface area contributed by atoms with E-state index in [1.165, 1.54) is 24.8 Å². The molecule has 1 aliphatic carbocycles. The maximum atomic E-state index is 5.74. The molecule has 2 fully saturated rings. The highest BCUT2D eigenvalue weighted by Crippen LogP contribution is 2.31. The van der Waals surface area contributed by atoms with Crippen molar-refractivity contribution in [1.29, 1.82) is 0 Å². The minimum absolute atomic E-state index is 0. The Hall–Kier alpha value is -1.01. The third-order valence-electron chi connectivity index (χ3n) is 5.29. The SMILES string of the molecule is CCCOc1ccc(CNC2CCCC2C2COCCN2)cc1OC.Cl. The van der Waals surface area contributed by atoms with Crippen molar-refractivity contribution in [3.8, 4) is 11.5 Å². The van der Waals surface area contributed by atoms with Crippen molar-refractivity contribution >= 4 is 12.4 Å². The fraction of sp³-hybridized carbons (Fsp3) is 0.700. The highest BCUT2D eigenvalue weighted by atomic mass is 35.5. The van der Waals surface area contributed by atoms with Gasteiger partial charge in [-0.3, -0.25) is 0 Å². The molecule has 0 radical (unpaired) electrons. The number of methoxy groups -OCH3 is 1. The molecule has 1 saturated heterocycles. The third-order valence-corrected chi connectivity index (χ3v) is 5.29. The zero-order valence-electron chi connectivity index (χ0n) is 16.0. The van der Waals surface area contributed by atoms with Crippen molar-refractivity contribution < 1.29 is 14.2 Å². The molecule has 3 atom stereocenters. The molecule has 3 rings (SSSR count). The monoisotopic (exact) mass is 384 g/mol. The second kappa shape index (κ2) is 11.0. The van der Waals surface area contributed by atoms with Crippen LogP contribution < -0.4 is 20.1 Å². The summed E-state index contributed by atoms with van der Waals surface area (Å²) in [7, 11) is 1.70. The summed E-state index contributed by atoms with van der Waals surface area (Å²) in [6.45, 7) is 6.35. The molecule has 3 unspecified atom stereocenters. The van der Waals surface area contributed by atoms with Gasteiger partial charge in [-0.05, 0) is 42.9 Å². The molecule has 1 aliphatic heterocycles. The van der Waals surface area contributed by atoms with Gasteiger partial charge in [-0.25, -0.2) is 0 Å². The Bertz CT molecular complexity index is 538. The van der Waals surface area contributed by atoms with E-state index in [1.54, 1.807) is 7.11 Å². The molecule has 0 bridgehead atoms. The highest BCUT2D eigenvalue weighted by Gasteiger charge is 2.34. The van der Waals surface area contributed by atoms with E-state index in [-0.39, 0.29) is 12.4 Å². The number of ether oxygens (including phenoxy) is 3. The molecule has 1 saturated carbocycles. The predicted molar refractivity (Wildman–Crippen MR) is 107 cm³/mol. The standard InChI is InChI=1S/C20H32N2O3.ClH/c1-3-10-25-19-8-7-15(12-20(19)23-2)13-22-17-6-4-5-16(17)18-14-24-11-9-21-18;/h7-8,12,16-18,21-22H,3-6,9-11,13-14H2,1-2H3;1H. The van der Waals surface area contributed by atoms with Crippen LogP contribution in [0.5, 0.6) is 11.5 Å². The molecule has 0 amide bonds. The lowest BCUT2D eigenvalue weighted by molar-refractivity contribution is 0.0524. The van der Waals surface area contributed by atoms with Crippen LogP contribution in [0.15, 0.2) is 18.2 Å². The smallest absolute Gasteiger partial charge is 0.161 e. The van der Waals surface area contributed by atoms with E-state index in [0.29, 0.717) is 24.6 Å². The summed E-state index contributed by atoms with van der Waals surface area (Å²) in [6, 6.07) is 7.29. The Morgan fingerprint density at radius 3 is 2.88 bits per heavy atom. The summed E-state index contributed by atoms with van der Waals surface area (Å²) in [6.07, 6.45) is 4.82. The normalized spacial score (nSPS) is 25.5. The lowest BCUT2D eigenvalue weighted by Gasteiger charge is -2.33. The number of halogens is 1. The van der Waals surface area contributed by atoms with Gasteiger partial charge in [0, 0.05) is 25.2 Å². The van der Waals surface area contributed by atoms with E-state index >= 15 is 0 Å². The summed E-state index contributed by atoms with van der Waals surface area (Å²) < 4.78 is 16.9. The van der Waals surface area contributed by atoms with Gasteiger partial charge in [0.15, 0.2) is 11.5 Å².